The third kappa shape index (κ3) is 3.36. The first-order valence-corrected chi connectivity index (χ1v) is 15.4. The molecule has 11 heteroatoms. The zero-order valence-corrected chi connectivity index (χ0v) is 24.6. The molecule has 6 aromatic rings. The van der Waals surface area contributed by atoms with Gasteiger partial charge in [0.25, 0.3) is 10.0 Å². The standard InChI is InChI=1S/C32H27N7O3S/c1-36-19-22(17-34-36)29-26(20-11-12-24-21(15-20)16-35-38(24)3)27-28-25(37(2)31(40)32(28)13-7-8-14-32)18-33-30(27)39(29)43(41,42)23-9-5-4-6-10-23/h4-12,15-19H,13-14H2,1-3H3. The van der Waals surface area contributed by atoms with Crippen molar-refractivity contribution in [3.63, 3.8) is 0 Å². The Bertz CT molecular complexity index is 2270. The van der Waals surface area contributed by atoms with Crippen molar-refractivity contribution >= 4 is 43.6 Å². The summed E-state index contributed by atoms with van der Waals surface area (Å²) in [6, 6.07) is 14.4. The molecule has 0 saturated heterocycles. The lowest BCUT2D eigenvalue weighted by molar-refractivity contribution is -0.122. The van der Waals surface area contributed by atoms with Crippen molar-refractivity contribution in [2.75, 3.05) is 11.9 Å². The maximum Gasteiger partial charge on any atom is 0.269 e. The van der Waals surface area contributed by atoms with Gasteiger partial charge >= 0.3 is 0 Å². The van der Waals surface area contributed by atoms with E-state index in [4.69, 9.17) is 4.98 Å². The van der Waals surface area contributed by atoms with Crippen LogP contribution in [0.4, 0.5) is 5.69 Å². The molecule has 0 saturated carbocycles. The lowest BCUT2D eigenvalue weighted by Crippen LogP contribution is -2.36. The molecule has 0 radical (unpaired) electrons. The van der Waals surface area contributed by atoms with E-state index in [1.54, 1.807) is 77.3 Å². The molecule has 214 valence electrons. The van der Waals surface area contributed by atoms with Gasteiger partial charge in [-0.25, -0.2) is 17.4 Å². The number of allylic oxidation sites excluding steroid dienone is 2. The van der Waals surface area contributed by atoms with Crippen LogP contribution in [0, 0.1) is 0 Å². The Kier molecular flexibility index (Phi) is 5.22. The normalized spacial score (nSPS) is 15.9. The Labute approximate surface area is 247 Å². The first kappa shape index (κ1) is 25.7. The van der Waals surface area contributed by atoms with Crippen molar-refractivity contribution < 1.29 is 13.2 Å². The van der Waals surface area contributed by atoms with Crippen molar-refractivity contribution in [2.45, 2.75) is 23.2 Å². The van der Waals surface area contributed by atoms with Gasteiger partial charge in [-0.2, -0.15) is 10.2 Å². The Morgan fingerprint density at radius 1 is 0.884 bits per heavy atom. The number of benzene rings is 2. The molecule has 4 aromatic heterocycles. The second kappa shape index (κ2) is 8.74. The number of carbonyl (C=O) groups excluding carboxylic acids is 1. The minimum Gasteiger partial charge on any atom is -0.313 e. The average Bonchev–Trinajstić information content (AvgIpc) is 3.83. The maximum absolute atomic E-state index is 14.6. The molecule has 0 bridgehead atoms. The molecule has 2 aliphatic rings. The second-order valence-electron chi connectivity index (χ2n) is 11.3. The summed E-state index contributed by atoms with van der Waals surface area (Å²) < 4.78 is 34.1. The third-order valence-corrected chi connectivity index (χ3v) is 10.6. The molecule has 0 atom stereocenters. The molecule has 0 fully saturated rings. The Morgan fingerprint density at radius 2 is 1.65 bits per heavy atom. The van der Waals surface area contributed by atoms with Crippen LogP contribution in [-0.2, 0) is 34.3 Å². The number of nitrogens with zero attached hydrogens (tertiary/aromatic N) is 7. The van der Waals surface area contributed by atoms with Crippen LogP contribution in [0.1, 0.15) is 18.4 Å². The lowest BCUT2D eigenvalue weighted by atomic mass is 9.77. The van der Waals surface area contributed by atoms with Gasteiger partial charge in [0.2, 0.25) is 5.91 Å². The third-order valence-electron chi connectivity index (χ3n) is 8.87. The van der Waals surface area contributed by atoms with Crippen molar-refractivity contribution in [1.29, 1.82) is 0 Å². The first-order valence-electron chi connectivity index (χ1n) is 14.0. The van der Waals surface area contributed by atoms with Crippen LogP contribution in [0.25, 0.3) is 44.3 Å². The lowest BCUT2D eigenvalue weighted by Gasteiger charge is -2.23. The number of rotatable bonds is 4. The number of hydrogen-bond donors (Lipinski definition) is 0. The van der Waals surface area contributed by atoms with Crippen molar-refractivity contribution in [1.82, 2.24) is 28.5 Å². The summed E-state index contributed by atoms with van der Waals surface area (Å²) in [5.74, 6) is -0.0166. The summed E-state index contributed by atoms with van der Waals surface area (Å²) >= 11 is 0. The largest absolute Gasteiger partial charge is 0.313 e. The molecule has 8 rings (SSSR count). The van der Waals surface area contributed by atoms with E-state index in [2.05, 4.69) is 10.2 Å². The van der Waals surface area contributed by atoms with E-state index >= 15 is 0 Å². The zero-order chi connectivity index (χ0) is 29.7. The molecule has 10 nitrogen and oxygen atoms in total. The fourth-order valence-corrected chi connectivity index (χ4v) is 8.37. The highest BCUT2D eigenvalue weighted by atomic mass is 32.2. The van der Waals surface area contributed by atoms with Crippen LogP contribution in [0.5, 0.6) is 0 Å². The molecule has 0 unspecified atom stereocenters. The van der Waals surface area contributed by atoms with E-state index in [0.717, 1.165) is 22.0 Å². The summed E-state index contributed by atoms with van der Waals surface area (Å²) in [4.78, 5) is 20.6. The van der Waals surface area contributed by atoms with Crippen LogP contribution >= 0.6 is 0 Å². The van der Waals surface area contributed by atoms with Crippen molar-refractivity contribution in [2.24, 2.45) is 14.1 Å². The van der Waals surface area contributed by atoms with E-state index in [-0.39, 0.29) is 16.4 Å². The van der Waals surface area contributed by atoms with Gasteiger partial charge in [0, 0.05) is 54.8 Å². The number of pyridine rings is 1. The fourth-order valence-electron chi connectivity index (χ4n) is 6.85. The molecule has 0 N–H and O–H groups in total. The number of hydrogen-bond acceptors (Lipinski definition) is 6. The molecule has 1 aliphatic carbocycles. The summed E-state index contributed by atoms with van der Waals surface area (Å²) in [5.41, 5.74) is 4.43. The van der Waals surface area contributed by atoms with Crippen molar-refractivity contribution in [3.8, 4) is 22.4 Å². The number of carbonyl (C=O) groups is 1. The molecule has 43 heavy (non-hydrogen) atoms. The van der Waals surface area contributed by atoms with Gasteiger partial charge in [0.05, 0.1) is 45.8 Å². The van der Waals surface area contributed by atoms with E-state index in [1.165, 1.54) is 3.97 Å². The molecule has 1 aliphatic heterocycles. The fraction of sp³-hybridized carbons (Fsp3) is 0.188. The van der Waals surface area contributed by atoms with Crippen LogP contribution < -0.4 is 4.90 Å². The number of aromatic nitrogens is 6. The molecule has 5 heterocycles. The van der Waals surface area contributed by atoms with Crippen LogP contribution in [0.3, 0.4) is 0 Å². The number of amides is 1. The molecular weight excluding hydrogens is 562 g/mol. The van der Waals surface area contributed by atoms with E-state index in [1.807, 2.05) is 43.6 Å². The van der Waals surface area contributed by atoms with Crippen LogP contribution in [0.15, 0.2) is 90.4 Å². The zero-order valence-electron chi connectivity index (χ0n) is 23.8. The molecule has 1 spiro atoms. The van der Waals surface area contributed by atoms with Crippen molar-refractivity contribution in [3.05, 3.63) is 91.0 Å². The average molecular weight is 590 g/mol. The predicted molar refractivity (Wildman–Crippen MR) is 164 cm³/mol. The van der Waals surface area contributed by atoms with Gasteiger partial charge in [0.15, 0.2) is 5.65 Å². The van der Waals surface area contributed by atoms with Gasteiger partial charge in [0.1, 0.15) is 0 Å². The summed E-state index contributed by atoms with van der Waals surface area (Å²) in [5, 5.41) is 10.4. The van der Waals surface area contributed by atoms with Gasteiger partial charge < -0.3 is 4.90 Å². The molecule has 2 aromatic carbocycles. The van der Waals surface area contributed by atoms with Gasteiger partial charge in [-0.1, -0.05) is 36.4 Å². The topological polar surface area (TPSA) is 108 Å². The highest BCUT2D eigenvalue weighted by molar-refractivity contribution is 7.90. The summed E-state index contributed by atoms with van der Waals surface area (Å²) in [7, 11) is 1.30. The predicted octanol–water partition coefficient (Wildman–Crippen LogP) is 4.79. The Morgan fingerprint density at radius 3 is 2.37 bits per heavy atom. The van der Waals surface area contributed by atoms with Gasteiger partial charge in [-0.05, 0) is 42.7 Å². The summed E-state index contributed by atoms with van der Waals surface area (Å²) in [6.45, 7) is 0. The van der Waals surface area contributed by atoms with Crippen LogP contribution in [-0.4, -0.2) is 49.9 Å². The Hall–Kier alpha value is -5.03. The minimum absolute atomic E-state index is 0.0166. The number of fused-ring (bicyclic) bond motifs is 5. The Balaban J connectivity index is 1.60. The molecular formula is C32H27N7O3S. The highest BCUT2D eigenvalue weighted by Crippen LogP contribution is 2.55. The van der Waals surface area contributed by atoms with E-state index < -0.39 is 15.4 Å². The second-order valence-corrected chi connectivity index (χ2v) is 13.1. The minimum atomic E-state index is -4.15. The maximum atomic E-state index is 14.6. The highest BCUT2D eigenvalue weighted by Gasteiger charge is 2.52. The van der Waals surface area contributed by atoms with Gasteiger partial charge in [-0.15, -0.1) is 0 Å². The van der Waals surface area contributed by atoms with E-state index in [9.17, 15) is 13.2 Å². The number of anilines is 1. The quantitative estimate of drug-likeness (QED) is 0.274. The first-order chi connectivity index (χ1) is 20.7. The SMILES string of the molecule is CN1C(=O)C2(CC=CC2)c2c1cnc1c2c(-c2ccc3c(cnn3C)c2)c(-c2cnn(C)c2)n1S(=O)(=O)c1ccccc1. The van der Waals surface area contributed by atoms with E-state index in [0.29, 0.717) is 40.7 Å². The smallest absolute Gasteiger partial charge is 0.269 e. The van der Waals surface area contributed by atoms with Crippen LogP contribution in [0.2, 0.25) is 0 Å². The molecule has 1 amide bonds. The monoisotopic (exact) mass is 589 g/mol. The summed E-state index contributed by atoms with van der Waals surface area (Å²) in [6.07, 6.45) is 12.0. The number of likely N-dealkylation sites (N-methyl/N-ethyl adjacent to an activating group) is 1. The van der Waals surface area contributed by atoms with Gasteiger partial charge in [-0.3, -0.25) is 14.2 Å². The number of aryl methyl sites for hydroxylation is 2.